The summed E-state index contributed by atoms with van der Waals surface area (Å²) in [6, 6.07) is 3.13. The van der Waals surface area contributed by atoms with Crippen molar-refractivity contribution in [2.45, 2.75) is 31.2 Å². The number of amides is 1. The summed E-state index contributed by atoms with van der Waals surface area (Å²) in [4.78, 5) is 28.6. The van der Waals surface area contributed by atoms with Crippen molar-refractivity contribution in [3.05, 3.63) is 23.9 Å². The summed E-state index contributed by atoms with van der Waals surface area (Å²) in [6.07, 6.45) is 4.45. The molecule has 0 atom stereocenters. The van der Waals surface area contributed by atoms with E-state index < -0.39 is 11.5 Å². The molecule has 1 N–H and O–H groups in total. The van der Waals surface area contributed by atoms with Crippen LogP contribution in [0.4, 0.5) is 0 Å². The molecule has 7 heteroatoms. The summed E-state index contributed by atoms with van der Waals surface area (Å²) in [5, 5.41) is 2.83. The van der Waals surface area contributed by atoms with Crippen LogP contribution < -0.4 is 10.1 Å². The van der Waals surface area contributed by atoms with Gasteiger partial charge < -0.3 is 19.5 Å². The van der Waals surface area contributed by atoms with E-state index in [1.54, 1.807) is 19.2 Å². The van der Waals surface area contributed by atoms with Gasteiger partial charge in [0, 0.05) is 24.9 Å². The first-order valence-electron chi connectivity index (χ1n) is 7.60. The van der Waals surface area contributed by atoms with Gasteiger partial charge in [0.1, 0.15) is 12.1 Å². The van der Waals surface area contributed by atoms with E-state index in [9.17, 15) is 9.59 Å². The van der Waals surface area contributed by atoms with Crippen LogP contribution in [0.1, 0.15) is 36.0 Å². The van der Waals surface area contributed by atoms with Crippen molar-refractivity contribution in [3.8, 4) is 5.88 Å². The molecule has 0 aliphatic heterocycles. The first-order valence-corrected chi connectivity index (χ1v) is 7.60. The molecule has 1 aromatic rings. The predicted octanol–water partition coefficient (Wildman–Crippen LogP) is 1.32. The van der Waals surface area contributed by atoms with Crippen molar-refractivity contribution in [3.63, 3.8) is 0 Å². The lowest BCUT2D eigenvalue weighted by molar-refractivity contribution is -0.148. The second-order valence-electron chi connectivity index (χ2n) is 5.46. The molecular weight excluding hydrogens is 300 g/mol. The number of nitrogens with one attached hydrogen (secondary N) is 1. The molecule has 1 saturated carbocycles. The van der Waals surface area contributed by atoms with Crippen LogP contribution in [0.25, 0.3) is 0 Å². The van der Waals surface area contributed by atoms with E-state index in [0.29, 0.717) is 37.5 Å². The molecule has 1 aliphatic rings. The normalized spacial score (nSPS) is 15.9. The van der Waals surface area contributed by atoms with Gasteiger partial charge in [0.15, 0.2) is 0 Å². The number of nitrogens with zero attached hydrogens (tertiary/aromatic N) is 1. The van der Waals surface area contributed by atoms with Gasteiger partial charge in [0.05, 0.1) is 13.7 Å². The second kappa shape index (κ2) is 7.92. The third-order valence-corrected chi connectivity index (χ3v) is 3.92. The van der Waals surface area contributed by atoms with Gasteiger partial charge in [-0.2, -0.15) is 0 Å². The molecule has 126 valence electrons. The first kappa shape index (κ1) is 17.2. The van der Waals surface area contributed by atoms with Crippen LogP contribution in [-0.4, -0.2) is 49.8 Å². The highest BCUT2D eigenvalue weighted by atomic mass is 16.5. The molecule has 0 bridgehead atoms. The Kier molecular flexibility index (Phi) is 5.92. The van der Waals surface area contributed by atoms with E-state index >= 15 is 0 Å². The van der Waals surface area contributed by atoms with E-state index in [4.69, 9.17) is 14.2 Å². The van der Waals surface area contributed by atoms with Crippen molar-refractivity contribution in [1.82, 2.24) is 10.3 Å². The number of methoxy groups -OCH3 is 2. The van der Waals surface area contributed by atoms with Crippen LogP contribution in [0.15, 0.2) is 18.3 Å². The predicted molar refractivity (Wildman–Crippen MR) is 82.3 cm³/mol. The monoisotopic (exact) mass is 322 g/mol. The summed E-state index contributed by atoms with van der Waals surface area (Å²) in [7, 11) is 2.91. The topological polar surface area (TPSA) is 86.8 Å². The zero-order valence-corrected chi connectivity index (χ0v) is 13.5. The fourth-order valence-electron chi connectivity index (χ4n) is 2.70. The van der Waals surface area contributed by atoms with Crippen molar-refractivity contribution >= 4 is 11.9 Å². The number of carbonyl (C=O) groups is 2. The molecule has 0 saturated heterocycles. The number of esters is 1. The SMILES string of the molecule is COCCOc1cc(C(=O)NC2(C(=O)OC)CCCC2)ccn1. The largest absolute Gasteiger partial charge is 0.475 e. The highest BCUT2D eigenvalue weighted by Crippen LogP contribution is 2.31. The minimum Gasteiger partial charge on any atom is -0.475 e. The Hall–Kier alpha value is -2.15. The lowest BCUT2D eigenvalue weighted by Gasteiger charge is -2.27. The summed E-state index contributed by atoms with van der Waals surface area (Å²) in [5.74, 6) is -0.390. The number of hydrogen-bond donors (Lipinski definition) is 1. The van der Waals surface area contributed by atoms with Crippen LogP contribution in [0.5, 0.6) is 5.88 Å². The Morgan fingerprint density at radius 1 is 1.26 bits per heavy atom. The number of pyridine rings is 1. The molecule has 7 nitrogen and oxygen atoms in total. The van der Waals surface area contributed by atoms with Crippen LogP contribution >= 0.6 is 0 Å². The zero-order chi connectivity index (χ0) is 16.7. The quantitative estimate of drug-likeness (QED) is 0.602. The van der Waals surface area contributed by atoms with Gasteiger partial charge in [-0.3, -0.25) is 4.79 Å². The highest BCUT2D eigenvalue weighted by Gasteiger charge is 2.43. The number of carbonyl (C=O) groups excluding carboxylic acids is 2. The fraction of sp³-hybridized carbons (Fsp3) is 0.562. The van der Waals surface area contributed by atoms with Crippen LogP contribution in [0.2, 0.25) is 0 Å². The Balaban J connectivity index is 2.07. The Bertz CT molecular complexity index is 555. The summed E-state index contributed by atoms with van der Waals surface area (Å²) >= 11 is 0. The number of aromatic nitrogens is 1. The van der Waals surface area contributed by atoms with E-state index in [0.717, 1.165) is 12.8 Å². The van der Waals surface area contributed by atoms with Crippen LogP contribution in [-0.2, 0) is 14.3 Å². The Morgan fingerprint density at radius 3 is 2.65 bits per heavy atom. The average molecular weight is 322 g/mol. The summed E-state index contributed by atoms with van der Waals surface area (Å²) in [5.41, 5.74) is -0.533. The second-order valence-corrected chi connectivity index (χ2v) is 5.46. The summed E-state index contributed by atoms with van der Waals surface area (Å²) < 4.78 is 15.2. The van der Waals surface area contributed by atoms with Gasteiger partial charge in [-0.25, -0.2) is 9.78 Å². The maximum atomic E-state index is 12.5. The molecule has 2 rings (SSSR count). The molecule has 0 radical (unpaired) electrons. The zero-order valence-electron chi connectivity index (χ0n) is 13.5. The number of rotatable bonds is 7. The fourth-order valence-corrected chi connectivity index (χ4v) is 2.70. The molecule has 1 heterocycles. The van der Waals surface area contributed by atoms with Gasteiger partial charge >= 0.3 is 5.97 Å². The van der Waals surface area contributed by atoms with Crippen molar-refractivity contribution < 1.29 is 23.8 Å². The Morgan fingerprint density at radius 2 is 2.00 bits per heavy atom. The first-order chi connectivity index (χ1) is 11.1. The lowest BCUT2D eigenvalue weighted by atomic mass is 9.97. The Labute approximate surface area is 135 Å². The molecule has 0 spiro atoms. The van der Waals surface area contributed by atoms with Crippen LogP contribution in [0.3, 0.4) is 0 Å². The minimum absolute atomic E-state index is 0.337. The molecule has 1 aliphatic carbocycles. The lowest BCUT2D eigenvalue weighted by Crippen LogP contribution is -2.53. The van der Waals surface area contributed by atoms with E-state index in [1.165, 1.54) is 13.3 Å². The summed E-state index contributed by atoms with van der Waals surface area (Å²) in [6.45, 7) is 0.782. The van der Waals surface area contributed by atoms with E-state index in [2.05, 4.69) is 10.3 Å². The molecule has 0 aromatic carbocycles. The number of ether oxygens (including phenoxy) is 3. The van der Waals surface area contributed by atoms with Crippen molar-refractivity contribution in [2.75, 3.05) is 27.4 Å². The molecule has 1 aromatic heterocycles. The van der Waals surface area contributed by atoms with E-state index in [1.807, 2.05) is 0 Å². The minimum atomic E-state index is -0.924. The third-order valence-electron chi connectivity index (χ3n) is 3.92. The average Bonchev–Trinajstić information content (AvgIpc) is 3.04. The van der Waals surface area contributed by atoms with Crippen molar-refractivity contribution in [2.24, 2.45) is 0 Å². The van der Waals surface area contributed by atoms with Gasteiger partial charge in [0.2, 0.25) is 5.88 Å². The van der Waals surface area contributed by atoms with Gasteiger partial charge in [0.25, 0.3) is 5.91 Å². The third kappa shape index (κ3) is 4.19. The number of hydrogen-bond acceptors (Lipinski definition) is 6. The maximum absolute atomic E-state index is 12.5. The molecule has 23 heavy (non-hydrogen) atoms. The standard InChI is InChI=1S/C16H22N2O5/c1-21-9-10-23-13-11-12(5-8-17-13)14(19)18-16(15(20)22-2)6-3-4-7-16/h5,8,11H,3-4,6-7,9-10H2,1-2H3,(H,18,19). The van der Waals surface area contributed by atoms with Crippen molar-refractivity contribution in [1.29, 1.82) is 0 Å². The van der Waals surface area contributed by atoms with Gasteiger partial charge in [-0.05, 0) is 18.9 Å². The smallest absolute Gasteiger partial charge is 0.331 e. The maximum Gasteiger partial charge on any atom is 0.331 e. The molecule has 1 amide bonds. The highest BCUT2D eigenvalue weighted by molar-refractivity contribution is 5.98. The van der Waals surface area contributed by atoms with Gasteiger partial charge in [-0.1, -0.05) is 12.8 Å². The molecule has 1 fully saturated rings. The molecular formula is C16H22N2O5. The van der Waals surface area contributed by atoms with E-state index in [-0.39, 0.29) is 5.91 Å². The van der Waals surface area contributed by atoms with Gasteiger partial charge in [-0.15, -0.1) is 0 Å². The molecule has 0 unspecified atom stereocenters. The van der Waals surface area contributed by atoms with Crippen LogP contribution in [0, 0.1) is 0 Å².